The number of halogens is 1. The quantitative estimate of drug-likeness (QED) is 0.411. The summed E-state index contributed by atoms with van der Waals surface area (Å²) in [5.74, 6) is 0.161. The monoisotopic (exact) mass is 145 g/mol. The molecule has 2 N–H and O–H groups in total. The Morgan fingerprint density at radius 3 is 2.78 bits per heavy atom. The van der Waals surface area contributed by atoms with Crippen LogP contribution >= 0.6 is 11.6 Å². The highest BCUT2D eigenvalue weighted by atomic mass is 35.5. The van der Waals surface area contributed by atoms with Gasteiger partial charge in [-0.2, -0.15) is 0 Å². The summed E-state index contributed by atoms with van der Waals surface area (Å²) in [4.78, 5) is 0.261. The highest BCUT2D eigenvalue weighted by Gasteiger charge is 2.00. The van der Waals surface area contributed by atoms with E-state index in [0.29, 0.717) is 0 Å². The summed E-state index contributed by atoms with van der Waals surface area (Å²) in [6.45, 7) is 0. The van der Waals surface area contributed by atoms with Gasteiger partial charge in [-0.3, -0.25) is 0 Å². The number of rotatable bonds is 0. The lowest BCUT2D eigenvalue weighted by Gasteiger charge is -1.93. The summed E-state index contributed by atoms with van der Waals surface area (Å²) < 4.78 is 0. The molecule has 0 fully saturated rings. The Hall–Kier alpha value is -1.03. The van der Waals surface area contributed by atoms with E-state index in [1.54, 1.807) is 0 Å². The molecule has 0 aromatic carbocycles. The zero-order valence-electron chi connectivity index (χ0n) is 4.41. The van der Waals surface area contributed by atoms with Gasteiger partial charge in [0, 0.05) is 11.2 Å². The first-order valence-electron chi connectivity index (χ1n) is 2.22. The minimum atomic E-state index is 0.0178. The second-order valence-corrected chi connectivity index (χ2v) is 1.84. The topological polar surface area (TPSA) is 65.8 Å². The zero-order chi connectivity index (χ0) is 6.85. The van der Waals surface area contributed by atoms with E-state index in [-0.39, 0.29) is 15.8 Å². The van der Waals surface area contributed by atoms with Crippen LogP contribution in [0.4, 0.5) is 5.82 Å². The van der Waals surface area contributed by atoms with E-state index in [1.165, 1.54) is 12.1 Å². The molecule has 0 bridgehead atoms. The van der Waals surface area contributed by atoms with Crippen LogP contribution in [0, 0.1) is 5.21 Å². The Morgan fingerprint density at radius 2 is 2.33 bits per heavy atom. The third-order valence-electron chi connectivity index (χ3n) is 0.781. The van der Waals surface area contributed by atoms with Crippen molar-refractivity contribution < 1.29 is 4.85 Å². The molecule has 9 heavy (non-hydrogen) atoms. The van der Waals surface area contributed by atoms with Crippen molar-refractivity contribution in [2.75, 3.05) is 5.73 Å². The van der Waals surface area contributed by atoms with Crippen molar-refractivity contribution in [2.45, 2.75) is 0 Å². The molecule has 0 spiro atoms. The molecule has 0 aliphatic carbocycles. The van der Waals surface area contributed by atoms with Crippen molar-refractivity contribution >= 4 is 17.4 Å². The standard InChI is InChI=1S/C4H4ClN3O/c5-3-1-2-4(6)7-8(3)9/h1-2H,(H2,6,7). The predicted molar refractivity (Wildman–Crippen MR) is 32.6 cm³/mol. The lowest BCUT2D eigenvalue weighted by molar-refractivity contribution is -0.665. The normalized spacial score (nSPS) is 9.44. The maximum absolute atomic E-state index is 10.4. The van der Waals surface area contributed by atoms with Crippen molar-refractivity contribution in [3.63, 3.8) is 0 Å². The molecule has 0 aliphatic rings. The lowest BCUT2D eigenvalue weighted by Crippen LogP contribution is -2.32. The van der Waals surface area contributed by atoms with Gasteiger partial charge in [-0.15, -0.1) is 0 Å². The zero-order valence-corrected chi connectivity index (χ0v) is 5.17. The van der Waals surface area contributed by atoms with Gasteiger partial charge in [0.05, 0.1) is 0 Å². The van der Waals surface area contributed by atoms with Gasteiger partial charge in [0.2, 0.25) is 0 Å². The highest BCUT2D eigenvalue weighted by Crippen LogP contribution is 1.99. The van der Waals surface area contributed by atoms with Crippen molar-refractivity contribution in [2.24, 2.45) is 0 Å². The third kappa shape index (κ3) is 1.20. The number of nitrogens with two attached hydrogens (primary N) is 1. The van der Waals surface area contributed by atoms with E-state index < -0.39 is 0 Å². The van der Waals surface area contributed by atoms with Crippen LogP contribution in [0.15, 0.2) is 12.1 Å². The molecule has 0 saturated carbocycles. The van der Waals surface area contributed by atoms with Crippen molar-refractivity contribution in [3.8, 4) is 0 Å². The lowest BCUT2D eigenvalue weighted by atomic mass is 10.5. The molecule has 0 saturated heterocycles. The number of anilines is 1. The molecule has 48 valence electrons. The predicted octanol–water partition coefficient (Wildman–Crippen LogP) is -0.0494. The molecule has 1 heterocycles. The molecular weight excluding hydrogens is 142 g/mol. The average molecular weight is 146 g/mol. The van der Waals surface area contributed by atoms with Gasteiger partial charge in [0.1, 0.15) is 0 Å². The van der Waals surface area contributed by atoms with Crippen molar-refractivity contribution in [1.82, 2.24) is 5.10 Å². The smallest absolute Gasteiger partial charge is 0.313 e. The first-order valence-corrected chi connectivity index (χ1v) is 2.60. The van der Waals surface area contributed by atoms with Crippen molar-refractivity contribution in [1.29, 1.82) is 0 Å². The number of nitrogen functional groups attached to an aromatic ring is 1. The van der Waals surface area contributed by atoms with Gasteiger partial charge in [-0.25, -0.2) is 0 Å². The van der Waals surface area contributed by atoms with Gasteiger partial charge >= 0.3 is 5.15 Å². The second-order valence-electron chi connectivity index (χ2n) is 1.45. The molecule has 0 unspecified atom stereocenters. The van der Waals surface area contributed by atoms with Gasteiger partial charge in [-0.05, 0) is 22.5 Å². The van der Waals surface area contributed by atoms with E-state index in [4.69, 9.17) is 17.3 Å². The molecule has 4 nitrogen and oxygen atoms in total. The summed E-state index contributed by atoms with van der Waals surface area (Å²) in [5, 5.41) is 13.7. The summed E-state index contributed by atoms with van der Waals surface area (Å²) in [5.41, 5.74) is 5.14. The molecule has 5 heteroatoms. The van der Waals surface area contributed by atoms with Crippen LogP contribution in [0.1, 0.15) is 0 Å². The molecule has 0 radical (unpaired) electrons. The van der Waals surface area contributed by atoms with E-state index in [1.807, 2.05) is 0 Å². The maximum Gasteiger partial charge on any atom is 0.313 e. The highest BCUT2D eigenvalue weighted by molar-refractivity contribution is 6.28. The molecule has 1 aromatic heterocycles. The fourth-order valence-electron chi connectivity index (χ4n) is 0.404. The Labute approximate surface area is 56.4 Å². The second kappa shape index (κ2) is 2.06. The van der Waals surface area contributed by atoms with Gasteiger partial charge in [0.15, 0.2) is 5.82 Å². The van der Waals surface area contributed by atoms with E-state index in [9.17, 15) is 5.21 Å². The first kappa shape index (κ1) is 6.10. The van der Waals surface area contributed by atoms with Crippen LogP contribution in [0.5, 0.6) is 0 Å². The first-order chi connectivity index (χ1) is 4.20. The fourth-order valence-corrected chi connectivity index (χ4v) is 0.505. The van der Waals surface area contributed by atoms with Crippen LogP contribution in [-0.4, -0.2) is 5.10 Å². The Morgan fingerprint density at radius 1 is 1.67 bits per heavy atom. The van der Waals surface area contributed by atoms with E-state index in [0.717, 1.165) is 0 Å². The van der Waals surface area contributed by atoms with Crippen LogP contribution in [-0.2, 0) is 0 Å². The number of hydrogen-bond donors (Lipinski definition) is 1. The van der Waals surface area contributed by atoms with Crippen LogP contribution in [0.25, 0.3) is 0 Å². The van der Waals surface area contributed by atoms with Gasteiger partial charge in [-0.1, -0.05) is 0 Å². The Balaban J connectivity index is 3.17. The molecule has 1 rings (SSSR count). The number of aromatic nitrogens is 2. The summed E-state index contributed by atoms with van der Waals surface area (Å²) >= 11 is 5.31. The van der Waals surface area contributed by atoms with E-state index >= 15 is 0 Å². The number of nitrogens with zero attached hydrogens (tertiary/aromatic N) is 2. The maximum atomic E-state index is 10.4. The average Bonchev–Trinajstić information content (AvgIpc) is 1.80. The Bertz CT molecular complexity index is 227. The molecular formula is C4H4ClN3O. The minimum absolute atomic E-state index is 0.0178. The SMILES string of the molecule is Nc1ccc(Cl)[n+]([O-])n1. The molecule has 0 amide bonds. The summed E-state index contributed by atoms with van der Waals surface area (Å²) in [6.07, 6.45) is 0. The van der Waals surface area contributed by atoms with Crippen LogP contribution < -0.4 is 10.6 Å². The largest absolute Gasteiger partial charge is 0.593 e. The van der Waals surface area contributed by atoms with Gasteiger partial charge < -0.3 is 10.9 Å². The molecule has 0 aliphatic heterocycles. The van der Waals surface area contributed by atoms with Gasteiger partial charge in [0.25, 0.3) is 0 Å². The molecule has 1 aromatic rings. The third-order valence-corrected chi connectivity index (χ3v) is 1.05. The van der Waals surface area contributed by atoms with E-state index in [2.05, 4.69) is 5.10 Å². The summed E-state index contributed by atoms with van der Waals surface area (Å²) in [6, 6.07) is 2.84. The minimum Gasteiger partial charge on any atom is -0.593 e. The van der Waals surface area contributed by atoms with Crippen molar-refractivity contribution in [3.05, 3.63) is 22.5 Å². The summed E-state index contributed by atoms with van der Waals surface area (Å²) in [7, 11) is 0. The number of hydrogen-bond acceptors (Lipinski definition) is 3. The molecule has 0 atom stereocenters. The Kier molecular flexibility index (Phi) is 1.40. The van der Waals surface area contributed by atoms with Crippen LogP contribution in [0.3, 0.4) is 0 Å². The van der Waals surface area contributed by atoms with Crippen LogP contribution in [0.2, 0.25) is 5.15 Å². The fraction of sp³-hybridized carbons (Fsp3) is 0.